The van der Waals surface area contributed by atoms with E-state index in [1.54, 1.807) is 13.2 Å². The Morgan fingerprint density at radius 3 is 2.82 bits per heavy atom. The Kier molecular flexibility index (Phi) is 3.81. The van der Waals surface area contributed by atoms with Gasteiger partial charge in [0, 0.05) is 24.7 Å². The second kappa shape index (κ2) is 5.53. The highest BCUT2D eigenvalue weighted by molar-refractivity contribution is 5.92. The predicted octanol–water partition coefficient (Wildman–Crippen LogP) is 2.07. The minimum Gasteiger partial charge on any atom is -0.496 e. The van der Waals surface area contributed by atoms with Crippen molar-refractivity contribution in [3.8, 4) is 5.75 Å². The normalized spacial score (nSPS) is 14.6. The monoisotopic (exact) mass is 231 g/mol. The molecule has 90 valence electrons. The van der Waals surface area contributed by atoms with Gasteiger partial charge in [-0.05, 0) is 24.5 Å². The van der Waals surface area contributed by atoms with Crippen molar-refractivity contribution in [2.45, 2.75) is 19.3 Å². The number of benzene rings is 1. The zero-order valence-corrected chi connectivity index (χ0v) is 10.0. The number of carbonyl (C=O) groups is 1. The number of ketones is 1. The third-order valence-corrected chi connectivity index (χ3v) is 2.91. The Morgan fingerprint density at radius 1 is 1.29 bits per heavy atom. The van der Waals surface area contributed by atoms with Crippen molar-refractivity contribution in [3.05, 3.63) is 41.6 Å². The van der Waals surface area contributed by atoms with E-state index in [1.807, 2.05) is 18.2 Å². The van der Waals surface area contributed by atoms with Gasteiger partial charge >= 0.3 is 0 Å². The summed E-state index contributed by atoms with van der Waals surface area (Å²) in [7, 11) is 1.68. The molecule has 1 N–H and O–H groups in total. The highest BCUT2D eigenvalue weighted by Crippen LogP contribution is 2.18. The number of methoxy groups -OCH3 is 1. The van der Waals surface area contributed by atoms with Crippen LogP contribution >= 0.6 is 0 Å². The minimum atomic E-state index is 0.227. The van der Waals surface area contributed by atoms with Crippen molar-refractivity contribution in [3.63, 3.8) is 0 Å². The van der Waals surface area contributed by atoms with Crippen LogP contribution in [0.2, 0.25) is 0 Å². The van der Waals surface area contributed by atoms with Gasteiger partial charge in [0.1, 0.15) is 5.75 Å². The van der Waals surface area contributed by atoms with Gasteiger partial charge in [0.2, 0.25) is 0 Å². The lowest BCUT2D eigenvalue weighted by Crippen LogP contribution is -2.15. The fourth-order valence-electron chi connectivity index (χ4n) is 2.00. The summed E-state index contributed by atoms with van der Waals surface area (Å²) in [6, 6.07) is 8.01. The number of rotatable bonds is 5. The lowest BCUT2D eigenvalue weighted by atomic mass is 10.1. The first-order valence-electron chi connectivity index (χ1n) is 5.89. The summed E-state index contributed by atoms with van der Waals surface area (Å²) in [5.74, 6) is 1.15. The third-order valence-electron chi connectivity index (χ3n) is 2.91. The van der Waals surface area contributed by atoms with Crippen LogP contribution in [0.15, 0.2) is 36.0 Å². The summed E-state index contributed by atoms with van der Waals surface area (Å²) >= 11 is 0. The van der Waals surface area contributed by atoms with E-state index >= 15 is 0 Å². The molecule has 0 saturated heterocycles. The highest BCUT2D eigenvalue weighted by atomic mass is 16.5. The summed E-state index contributed by atoms with van der Waals surface area (Å²) in [6.45, 7) is 0.833. The van der Waals surface area contributed by atoms with Gasteiger partial charge in [0.15, 0.2) is 5.78 Å². The fourth-order valence-corrected chi connectivity index (χ4v) is 2.00. The van der Waals surface area contributed by atoms with Crippen LogP contribution in [0.25, 0.3) is 0 Å². The molecule has 1 aliphatic rings. The molecule has 3 heteroatoms. The van der Waals surface area contributed by atoms with E-state index in [9.17, 15) is 4.79 Å². The van der Waals surface area contributed by atoms with Gasteiger partial charge in [-0.1, -0.05) is 18.2 Å². The van der Waals surface area contributed by atoms with Crippen molar-refractivity contribution in [2.24, 2.45) is 0 Å². The molecular weight excluding hydrogens is 214 g/mol. The lowest BCUT2D eigenvalue weighted by Gasteiger charge is -2.09. The van der Waals surface area contributed by atoms with E-state index < -0.39 is 0 Å². The molecule has 1 aromatic carbocycles. The van der Waals surface area contributed by atoms with Crippen molar-refractivity contribution >= 4 is 5.78 Å². The lowest BCUT2D eigenvalue weighted by molar-refractivity contribution is -0.114. The molecular formula is C14H17NO2. The number of para-hydroxylation sites is 1. The number of hydrogen-bond donors (Lipinski definition) is 1. The van der Waals surface area contributed by atoms with Crippen LogP contribution < -0.4 is 10.1 Å². The summed E-state index contributed by atoms with van der Waals surface area (Å²) < 4.78 is 5.29. The first-order chi connectivity index (χ1) is 8.29. The molecule has 0 saturated carbocycles. The maximum atomic E-state index is 11.1. The molecule has 0 unspecified atom stereocenters. The molecule has 0 aromatic heterocycles. The molecule has 0 heterocycles. The summed E-state index contributed by atoms with van der Waals surface area (Å²) in [5, 5.41) is 3.30. The Bertz CT molecular complexity index is 438. The number of ether oxygens (including phenoxy) is 1. The molecule has 0 fully saturated rings. The molecule has 0 amide bonds. The Morgan fingerprint density at radius 2 is 2.12 bits per heavy atom. The van der Waals surface area contributed by atoms with E-state index in [2.05, 4.69) is 11.4 Å². The topological polar surface area (TPSA) is 38.3 Å². The number of allylic oxidation sites excluding steroid dienone is 2. The van der Waals surface area contributed by atoms with Crippen LogP contribution in [-0.4, -0.2) is 19.4 Å². The molecule has 0 spiro atoms. The van der Waals surface area contributed by atoms with Crippen LogP contribution in [0.1, 0.15) is 18.4 Å². The highest BCUT2D eigenvalue weighted by Gasteiger charge is 2.11. The smallest absolute Gasteiger partial charge is 0.157 e. The van der Waals surface area contributed by atoms with Crippen LogP contribution in [0.5, 0.6) is 5.75 Å². The van der Waals surface area contributed by atoms with Gasteiger partial charge in [-0.15, -0.1) is 0 Å². The third kappa shape index (κ3) is 3.09. The standard InChI is InChI=1S/C14H17NO2/c1-17-14-5-3-2-4-11(14)8-9-15-12-6-7-13(16)10-12/h2-5,10,15H,6-9H2,1H3. The average molecular weight is 231 g/mol. The van der Waals surface area contributed by atoms with Gasteiger partial charge in [-0.2, -0.15) is 0 Å². The van der Waals surface area contributed by atoms with Gasteiger partial charge in [-0.25, -0.2) is 0 Å². The van der Waals surface area contributed by atoms with Crippen LogP contribution in [0.4, 0.5) is 0 Å². The first-order valence-corrected chi connectivity index (χ1v) is 5.89. The Balaban J connectivity index is 1.86. The quantitative estimate of drug-likeness (QED) is 0.843. The largest absolute Gasteiger partial charge is 0.496 e. The van der Waals surface area contributed by atoms with Crippen LogP contribution in [0, 0.1) is 0 Å². The maximum absolute atomic E-state index is 11.1. The summed E-state index contributed by atoms with van der Waals surface area (Å²) in [5.41, 5.74) is 2.25. The second-order valence-electron chi connectivity index (χ2n) is 4.12. The number of carbonyl (C=O) groups excluding carboxylic acids is 1. The van der Waals surface area contributed by atoms with E-state index in [-0.39, 0.29) is 5.78 Å². The zero-order chi connectivity index (χ0) is 12.1. The second-order valence-corrected chi connectivity index (χ2v) is 4.12. The van der Waals surface area contributed by atoms with E-state index in [4.69, 9.17) is 4.74 Å². The van der Waals surface area contributed by atoms with Crippen LogP contribution in [-0.2, 0) is 11.2 Å². The van der Waals surface area contributed by atoms with Gasteiger partial charge in [0.25, 0.3) is 0 Å². The Hall–Kier alpha value is -1.77. The molecule has 2 rings (SSSR count). The predicted molar refractivity (Wildman–Crippen MR) is 67.0 cm³/mol. The molecule has 0 radical (unpaired) electrons. The van der Waals surface area contributed by atoms with Crippen molar-refractivity contribution < 1.29 is 9.53 Å². The summed E-state index contributed by atoms with van der Waals surface area (Å²) in [6.07, 6.45) is 4.11. The molecule has 0 aliphatic heterocycles. The molecule has 1 aromatic rings. The molecule has 17 heavy (non-hydrogen) atoms. The molecule has 1 aliphatic carbocycles. The Labute approximate surface area is 101 Å². The van der Waals surface area contributed by atoms with Crippen molar-refractivity contribution in [1.29, 1.82) is 0 Å². The molecule has 3 nitrogen and oxygen atoms in total. The number of hydrogen-bond acceptors (Lipinski definition) is 3. The van der Waals surface area contributed by atoms with Gasteiger partial charge < -0.3 is 10.1 Å². The fraction of sp³-hybridized carbons (Fsp3) is 0.357. The minimum absolute atomic E-state index is 0.227. The van der Waals surface area contributed by atoms with E-state index in [0.29, 0.717) is 6.42 Å². The SMILES string of the molecule is COc1ccccc1CCNC1=CC(=O)CC1. The summed E-state index contributed by atoms with van der Waals surface area (Å²) in [4.78, 5) is 11.1. The first kappa shape index (κ1) is 11.7. The zero-order valence-electron chi connectivity index (χ0n) is 10.0. The van der Waals surface area contributed by atoms with E-state index in [1.165, 1.54) is 5.56 Å². The maximum Gasteiger partial charge on any atom is 0.157 e. The van der Waals surface area contributed by atoms with Gasteiger partial charge in [-0.3, -0.25) is 4.79 Å². The van der Waals surface area contributed by atoms with Gasteiger partial charge in [0.05, 0.1) is 7.11 Å². The van der Waals surface area contributed by atoms with Crippen LogP contribution in [0.3, 0.4) is 0 Å². The number of nitrogens with one attached hydrogen (secondary N) is 1. The van der Waals surface area contributed by atoms with E-state index in [0.717, 1.165) is 30.8 Å². The average Bonchev–Trinajstić information content (AvgIpc) is 2.76. The van der Waals surface area contributed by atoms with Crippen molar-refractivity contribution in [2.75, 3.05) is 13.7 Å². The molecule has 0 atom stereocenters. The molecule has 0 bridgehead atoms. The van der Waals surface area contributed by atoms with Crippen molar-refractivity contribution in [1.82, 2.24) is 5.32 Å².